The molecule has 3 rings (SSSR count). The van der Waals surface area contributed by atoms with E-state index in [4.69, 9.17) is 4.74 Å². The van der Waals surface area contributed by atoms with Crippen molar-refractivity contribution in [3.8, 4) is 0 Å². The Morgan fingerprint density at radius 2 is 2.09 bits per heavy atom. The topological polar surface area (TPSA) is 51.2 Å². The fraction of sp³-hybridized carbons (Fsp3) is 0.667. The molecule has 0 radical (unpaired) electrons. The molecule has 0 aromatic carbocycles. The van der Waals surface area contributed by atoms with Gasteiger partial charge >= 0.3 is 0 Å². The molecule has 23 heavy (non-hydrogen) atoms. The molecule has 1 saturated carbocycles. The summed E-state index contributed by atoms with van der Waals surface area (Å²) in [5, 5.41) is 3.95. The number of amides is 1. The van der Waals surface area contributed by atoms with Crippen LogP contribution in [0.3, 0.4) is 0 Å². The summed E-state index contributed by atoms with van der Waals surface area (Å²) in [4.78, 5) is 16.7. The van der Waals surface area contributed by atoms with Crippen molar-refractivity contribution in [2.75, 3.05) is 19.0 Å². The summed E-state index contributed by atoms with van der Waals surface area (Å²) >= 11 is 1.82. The zero-order valence-electron chi connectivity index (χ0n) is 13.6. The van der Waals surface area contributed by atoms with E-state index in [-0.39, 0.29) is 11.9 Å². The number of carbonyl (C=O) groups is 1. The minimum absolute atomic E-state index is 0.0595. The maximum absolute atomic E-state index is 12.4. The minimum Gasteiger partial charge on any atom is -0.381 e. The van der Waals surface area contributed by atoms with E-state index in [0.717, 1.165) is 31.6 Å². The lowest BCUT2D eigenvalue weighted by atomic mass is 9.87. The number of pyridine rings is 1. The molecule has 0 spiro atoms. The highest BCUT2D eigenvalue weighted by Gasteiger charge is 2.27. The Labute approximate surface area is 142 Å². The lowest BCUT2D eigenvalue weighted by Gasteiger charge is -2.31. The fourth-order valence-electron chi connectivity index (χ4n) is 3.55. The molecule has 0 bridgehead atoms. The van der Waals surface area contributed by atoms with Gasteiger partial charge in [0.2, 0.25) is 5.91 Å². The van der Waals surface area contributed by atoms with E-state index in [1.165, 1.54) is 25.7 Å². The first-order valence-corrected chi connectivity index (χ1v) is 9.76. The summed E-state index contributed by atoms with van der Waals surface area (Å²) in [6, 6.07) is 4.07. The summed E-state index contributed by atoms with van der Waals surface area (Å²) in [6.07, 6.45) is 10.8. The molecule has 1 amide bonds. The van der Waals surface area contributed by atoms with Gasteiger partial charge in [-0.15, -0.1) is 11.8 Å². The maximum Gasteiger partial charge on any atom is 0.230 e. The second-order valence-electron chi connectivity index (χ2n) is 6.50. The average Bonchev–Trinajstić information content (AvgIpc) is 3.13. The number of aromatic nitrogens is 1. The molecule has 1 atom stereocenters. The van der Waals surface area contributed by atoms with Crippen molar-refractivity contribution in [3.05, 3.63) is 30.1 Å². The second kappa shape index (κ2) is 8.69. The highest BCUT2D eigenvalue weighted by molar-refractivity contribution is 8.00. The average molecular weight is 334 g/mol. The van der Waals surface area contributed by atoms with Crippen LogP contribution in [0, 0.1) is 5.92 Å². The molecular weight excluding hydrogens is 308 g/mol. The predicted octanol–water partition coefficient (Wildman–Crippen LogP) is 3.34. The van der Waals surface area contributed by atoms with Crippen LogP contribution in [0.5, 0.6) is 0 Å². The fourth-order valence-corrected chi connectivity index (χ4v) is 4.68. The molecule has 0 unspecified atom stereocenters. The summed E-state index contributed by atoms with van der Waals surface area (Å²) < 4.78 is 5.47. The van der Waals surface area contributed by atoms with Crippen LogP contribution in [0.1, 0.15) is 50.1 Å². The largest absolute Gasteiger partial charge is 0.381 e. The normalized spacial score (nSPS) is 21.2. The van der Waals surface area contributed by atoms with Crippen molar-refractivity contribution in [3.63, 3.8) is 0 Å². The monoisotopic (exact) mass is 334 g/mol. The smallest absolute Gasteiger partial charge is 0.230 e. The number of rotatable bonds is 6. The first-order valence-electron chi connectivity index (χ1n) is 8.71. The van der Waals surface area contributed by atoms with Crippen molar-refractivity contribution in [1.29, 1.82) is 0 Å². The van der Waals surface area contributed by atoms with E-state index in [0.29, 0.717) is 16.9 Å². The van der Waals surface area contributed by atoms with Gasteiger partial charge in [-0.2, -0.15) is 0 Å². The summed E-state index contributed by atoms with van der Waals surface area (Å²) in [7, 11) is 0. The van der Waals surface area contributed by atoms with Crippen LogP contribution in [0.2, 0.25) is 0 Å². The number of hydrogen-bond donors (Lipinski definition) is 1. The van der Waals surface area contributed by atoms with Crippen LogP contribution >= 0.6 is 11.8 Å². The summed E-state index contributed by atoms with van der Waals surface area (Å²) in [6.45, 7) is 1.57. The van der Waals surface area contributed by atoms with Crippen molar-refractivity contribution >= 4 is 17.7 Å². The van der Waals surface area contributed by atoms with E-state index < -0.39 is 0 Å². The Balaban J connectivity index is 1.59. The van der Waals surface area contributed by atoms with Crippen LogP contribution in [0.25, 0.3) is 0 Å². The lowest BCUT2D eigenvalue weighted by Crippen LogP contribution is -2.37. The van der Waals surface area contributed by atoms with E-state index in [1.807, 2.05) is 24.0 Å². The standard InChI is InChI=1S/C18H26N2O2S/c21-17(13-23-16-5-1-2-6-16)20-18(14-7-10-22-11-8-14)15-4-3-9-19-12-15/h3-4,9,12,14,16,18H,1-2,5-8,10-11,13H2,(H,20,21)/t18-/m1/s1. The van der Waals surface area contributed by atoms with Gasteiger partial charge in [0.25, 0.3) is 0 Å². The van der Waals surface area contributed by atoms with Crippen molar-refractivity contribution in [1.82, 2.24) is 10.3 Å². The number of nitrogens with one attached hydrogen (secondary N) is 1. The molecule has 1 aliphatic carbocycles. The first kappa shape index (κ1) is 16.8. The Hall–Kier alpha value is -1.07. The molecule has 5 heteroatoms. The third-order valence-electron chi connectivity index (χ3n) is 4.85. The van der Waals surface area contributed by atoms with Crippen molar-refractivity contribution in [2.24, 2.45) is 5.92 Å². The maximum atomic E-state index is 12.4. The van der Waals surface area contributed by atoms with Gasteiger partial charge in [-0.1, -0.05) is 18.9 Å². The van der Waals surface area contributed by atoms with Gasteiger partial charge in [0.05, 0.1) is 11.8 Å². The second-order valence-corrected chi connectivity index (χ2v) is 7.79. The van der Waals surface area contributed by atoms with E-state index in [1.54, 1.807) is 6.20 Å². The third kappa shape index (κ3) is 4.95. The zero-order valence-corrected chi connectivity index (χ0v) is 14.4. The van der Waals surface area contributed by atoms with Gasteiger partial charge in [-0.05, 0) is 43.2 Å². The molecule has 2 aliphatic rings. The zero-order chi connectivity index (χ0) is 15.9. The van der Waals surface area contributed by atoms with E-state index >= 15 is 0 Å². The molecule has 1 saturated heterocycles. The molecule has 1 aliphatic heterocycles. The SMILES string of the molecule is O=C(CSC1CCCC1)N[C@@H](c1cccnc1)C1CCOCC1. The van der Waals surface area contributed by atoms with Gasteiger partial charge in [-0.3, -0.25) is 9.78 Å². The third-order valence-corrected chi connectivity index (χ3v) is 6.22. The Kier molecular flexibility index (Phi) is 6.34. The quantitative estimate of drug-likeness (QED) is 0.867. The molecule has 2 fully saturated rings. The molecule has 1 aromatic heterocycles. The molecule has 4 nitrogen and oxygen atoms in total. The summed E-state index contributed by atoms with van der Waals surface area (Å²) in [5.74, 6) is 1.17. The van der Waals surface area contributed by atoms with Crippen molar-refractivity contribution in [2.45, 2.75) is 49.8 Å². The van der Waals surface area contributed by atoms with Crippen LogP contribution in [-0.4, -0.2) is 35.1 Å². The highest BCUT2D eigenvalue weighted by atomic mass is 32.2. The van der Waals surface area contributed by atoms with Gasteiger partial charge in [-0.25, -0.2) is 0 Å². The van der Waals surface area contributed by atoms with Crippen LogP contribution in [0.4, 0.5) is 0 Å². The van der Waals surface area contributed by atoms with E-state index in [2.05, 4.69) is 16.4 Å². The molecule has 1 N–H and O–H groups in total. The first-order chi connectivity index (χ1) is 11.3. The van der Waals surface area contributed by atoms with Crippen LogP contribution in [-0.2, 0) is 9.53 Å². The minimum atomic E-state index is 0.0595. The molecule has 126 valence electrons. The van der Waals surface area contributed by atoms with Crippen LogP contribution < -0.4 is 5.32 Å². The summed E-state index contributed by atoms with van der Waals surface area (Å²) in [5.41, 5.74) is 1.11. The van der Waals surface area contributed by atoms with Crippen LogP contribution in [0.15, 0.2) is 24.5 Å². The Morgan fingerprint density at radius 1 is 1.30 bits per heavy atom. The Morgan fingerprint density at radius 3 is 2.78 bits per heavy atom. The number of nitrogens with zero attached hydrogens (tertiary/aromatic N) is 1. The van der Waals surface area contributed by atoms with E-state index in [9.17, 15) is 4.79 Å². The van der Waals surface area contributed by atoms with Gasteiger partial charge in [0, 0.05) is 30.9 Å². The van der Waals surface area contributed by atoms with Gasteiger partial charge in [0.15, 0.2) is 0 Å². The molecule has 2 heterocycles. The number of thioether (sulfide) groups is 1. The Bertz CT molecular complexity index is 485. The molecule has 1 aromatic rings. The van der Waals surface area contributed by atoms with Gasteiger partial charge < -0.3 is 10.1 Å². The highest BCUT2D eigenvalue weighted by Crippen LogP contribution is 2.31. The molecular formula is C18H26N2O2S. The predicted molar refractivity (Wildman–Crippen MR) is 93.4 cm³/mol. The van der Waals surface area contributed by atoms with Crippen molar-refractivity contribution < 1.29 is 9.53 Å². The number of ether oxygens (including phenoxy) is 1. The lowest BCUT2D eigenvalue weighted by molar-refractivity contribution is -0.120. The number of carbonyl (C=O) groups excluding carboxylic acids is 1. The van der Waals surface area contributed by atoms with Gasteiger partial charge in [0.1, 0.15) is 0 Å². The number of hydrogen-bond acceptors (Lipinski definition) is 4.